The highest BCUT2D eigenvalue weighted by atomic mass is 15.2. The third-order valence-corrected chi connectivity index (χ3v) is 5.34. The zero-order valence-corrected chi connectivity index (χ0v) is 14.5. The Morgan fingerprint density at radius 2 is 2.04 bits per heavy atom. The highest BCUT2D eigenvalue weighted by Gasteiger charge is 2.44. The van der Waals surface area contributed by atoms with Crippen LogP contribution in [0.2, 0.25) is 0 Å². The second kappa shape index (κ2) is 7.35. The summed E-state index contributed by atoms with van der Waals surface area (Å²) in [6, 6.07) is 10.9. The van der Waals surface area contributed by atoms with Crippen LogP contribution >= 0.6 is 0 Å². The maximum Gasteiger partial charge on any atom is 0.191 e. The van der Waals surface area contributed by atoms with E-state index < -0.39 is 0 Å². The number of rotatable bonds is 5. The van der Waals surface area contributed by atoms with Crippen molar-refractivity contribution in [1.82, 2.24) is 15.5 Å². The molecule has 2 fully saturated rings. The van der Waals surface area contributed by atoms with Gasteiger partial charge in [-0.3, -0.25) is 4.99 Å². The third kappa shape index (κ3) is 4.25. The molecule has 2 N–H and O–H groups in total. The van der Waals surface area contributed by atoms with Crippen LogP contribution in [0.5, 0.6) is 0 Å². The van der Waals surface area contributed by atoms with Gasteiger partial charge in [0.25, 0.3) is 0 Å². The van der Waals surface area contributed by atoms with E-state index in [2.05, 4.69) is 57.9 Å². The van der Waals surface area contributed by atoms with E-state index in [1.165, 1.54) is 44.3 Å². The summed E-state index contributed by atoms with van der Waals surface area (Å²) in [6.45, 7) is 4.42. The quantitative estimate of drug-likeness (QED) is 0.647. The zero-order valence-electron chi connectivity index (χ0n) is 14.5. The molecular weight excluding hydrogens is 284 g/mol. The van der Waals surface area contributed by atoms with Crippen LogP contribution in [0, 0.1) is 5.92 Å². The minimum Gasteiger partial charge on any atom is -0.356 e. The molecule has 0 radical (unpaired) electrons. The molecule has 3 rings (SSSR count). The lowest BCUT2D eigenvalue weighted by molar-refractivity contribution is 0.210. The zero-order chi connectivity index (χ0) is 16.1. The van der Waals surface area contributed by atoms with Gasteiger partial charge in [-0.05, 0) is 50.8 Å². The number of piperidine rings is 1. The van der Waals surface area contributed by atoms with Gasteiger partial charge in [0.05, 0.1) is 0 Å². The van der Waals surface area contributed by atoms with Crippen molar-refractivity contribution in [3.05, 3.63) is 35.9 Å². The van der Waals surface area contributed by atoms with Crippen LogP contribution in [-0.2, 0) is 5.41 Å². The standard InChI is InChI=1S/C19H30N4/c1-20-18(21-13-16-7-6-12-23(2)14-16)22-15-19(10-11-19)17-8-4-3-5-9-17/h3-5,8-9,16H,6-7,10-15H2,1-2H3,(H2,20,21,22). The number of guanidine groups is 1. The fraction of sp³-hybridized carbons (Fsp3) is 0.632. The fourth-order valence-corrected chi connectivity index (χ4v) is 3.66. The average molecular weight is 314 g/mol. The molecule has 2 aliphatic rings. The monoisotopic (exact) mass is 314 g/mol. The number of nitrogens with zero attached hydrogens (tertiary/aromatic N) is 2. The number of hydrogen-bond donors (Lipinski definition) is 2. The summed E-state index contributed by atoms with van der Waals surface area (Å²) in [5.74, 6) is 1.68. The highest BCUT2D eigenvalue weighted by Crippen LogP contribution is 2.47. The molecule has 0 spiro atoms. The smallest absolute Gasteiger partial charge is 0.191 e. The SMILES string of the molecule is CN=C(NCC1CCCN(C)C1)NCC1(c2ccccc2)CC1. The molecule has 23 heavy (non-hydrogen) atoms. The first kappa shape index (κ1) is 16.3. The van der Waals surface area contributed by atoms with Crippen LogP contribution in [-0.4, -0.2) is 51.1 Å². The van der Waals surface area contributed by atoms with Crippen LogP contribution in [0.15, 0.2) is 35.3 Å². The Morgan fingerprint density at radius 3 is 2.70 bits per heavy atom. The van der Waals surface area contributed by atoms with E-state index in [4.69, 9.17) is 0 Å². The average Bonchev–Trinajstić information content (AvgIpc) is 3.37. The minimum absolute atomic E-state index is 0.323. The fourth-order valence-electron chi connectivity index (χ4n) is 3.66. The first-order valence-corrected chi connectivity index (χ1v) is 8.90. The largest absolute Gasteiger partial charge is 0.356 e. The number of aliphatic imine (C=N–C) groups is 1. The Balaban J connectivity index is 1.47. The van der Waals surface area contributed by atoms with Gasteiger partial charge in [-0.1, -0.05) is 30.3 Å². The molecule has 1 aliphatic heterocycles. The van der Waals surface area contributed by atoms with Gasteiger partial charge in [-0.2, -0.15) is 0 Å². The number of nitrogens with one attached hydrogen (secondary N) is 2. The van der Waals surface area contributed by atoms with Gasteiger partial charge in [0.2, 0.25) is 0 Å². The van der Waals surface area contributed by atoms with Crippen molar-refractivity contribution < 1.29 is 0 Å². The Labute approximate surface area is 140 Å². The van der Waals surface area contributed by atoms with Crippen molar-refractivity contribution in [3.8, 4) is 0 Å². The van der Waals surface area contributed by atoms with E-state index in [1.807, 2.05) is 7.05 Å². The molecule has 4 nitrogen and oxygen atoms in total. The summed E-state index contributed by atoms with van der Waals surface area (Å²) >= 11 is 0. The van der Waals surface area contributed by atoms with Crippen molar-refractivity contribution in [2.24, 2.45) is 10.9 Å². The van der Waals surface area contributed by atoms with E-state index >= 15 is 0 Å². The van der Waals surface area contributed by atoms with Gasteiger partial charge in [0, 0.05) is 32.1 Å². The summed E-state index contributed by atoms with van der Waals surface area (Å²) in [5.41, 5.74) is 1.78. The van der Waals surface area contributed by atoms with Crippen molar-refractivity contribution in [2.75, 3.05) is 40.3 Å². The van der Waals surface area contributed by atoms with E-state index in [0.717, 1.165) is 25.0 Å². The Kier molecular flexibility index (Phi) is 5.21. The maximum absolute atomic E-state index is 4.40. The first-order chi connectivity index (χ1) is 11.2. The Bertz CT molecular complexity index is 521. The van der Waals surface area contributed by atoms with Gasteiger partial charge in [0.1, 0.15) is 0 Å². The predicted molar refractivity (Wildman–Crippen MR) is 96.9 cm³/mol. The molecule has 1 aromatic carbocycles. The van der Waals surface area contributed by atoms with Gasteiger partial charge >= 0.3 is 0 Å². The molecule has 1 atom stereocenters. The normalized spacial score (nSPS) is 24.3. The van der Waals surface area contributed by atoms with E-state index in [1.54, 1.807) is 0 Å². The molecule has 1 saturated carbocycles. The molecule has 0 amide bonds. The third-order valence-electron chi connectivity index (χ3n) is 5.34. The molecule has 126 valence electrons. The van der Waals surface area contributed by atoms with Gasteiger partial charge in [0.15, 0.2) is 5.96 Å². The number of hydrogen-bond acceptors (Lipinski definition) is 2. The van der Waals surface area contributed by atoms with Gasteiger partial charge in [-0.25, -0.2) is 0 Å². The second-order valence-electron chi connectivity index (χ2n) is 7.22. The lowest BCUT2D eigenvalue weighted by atomic mass is 9.96. The Morgan fingerprint density at radius 1 is 1.26 bits per heavy atom. The molecule has 0 bridgehead atoms. The maximum atomic E-state index is 4.40. The van der Waals surface area contributed by atoms with E-state index in [9.17, 15) is 0 Å². The molecule has 1 aliphatic carbocycles. The number of benzene rings is 1. The van der Waals surface area contributed by atoms with Crippen LogP contribution in [0.25, 0.3) is 0 Å². The lowest BCUT2D eigenvalue weighted by Gasteiger charge is -2.30. The molecular formula is C19H30N4. The number of likely N-dealkylation sites (tertiary alicyclic amines) is 1. The predicted octanol–water partition coefficient (Wildman–Crippen LogP) is 2.23. The van der Waals surface area contributed by atoms with Crippen LogP contribution < -0.4 is 10.6 Å². The van der Waals surface area contributed by atoms with Crippen molar-refractivity contribution in [2.45, 2.75) is 31.1 Å². The topological polar surface area (TPSA) is 39.7 Å². The van der Waals surface area contributed by atoms with Gasteiger partial charge < -0.3 is 15.5 Å². The highest BCUT2D eigenvalue weighted by molar-refractivity contribution is 5.79. The summed E-state index contributed by atoms with van der Waals surface area (Å²) in [5, 5.41) is 7.07. The van der Waals surface area contributed by atoms with Gasteiger partial charge in [-0.15, -0.1) is 0 Å². The lowest BCUT2D eigenvalue weighted by Crippen LogP contribution is -2.45. The molecule has 1 unspecified atom stereocenters. The Hall–Kier alpha value is -1.55. The minimum atomic E-state index is 0.323. The van der Waals surface area contributed by atoms with Crippen molar-refractivity contribution in [1.29, 1.82) is 0 Å². The summed E-state index contributed by atoms with van der Waals surface area (Å²) in [4.78, 5) is 6.83. The molecule has 4 heteroatoms. The second-order valence-corrected chi connectivity index (χ2v) is 7.22. The molecule has 1 heterocycles. The molecule has 1 aromatic rings. The summed E-state index contributed by atoms with van der Waals surface area (Å²) < 4.78 is 0. The van der Waals surface area contributed by atoms with Crippen LogP contribution in [0.3, 0.4) is 0 Å². The van der Waals surface area contributed by atoms with Crippen LogP contribution in [0.4, 0.5) is 0 Å². The molecule has 1 saturated heterocycles. The summed E-state index contributed by atoms with van der Waals surface area (Å²) in [6.07, 6.45) is 5.18. The van der Waals surface area contributed by atoms with Crippen LogP contribution in [0.1, 0.15) is 31.2 Å². The van der Waals surface area contributed by atoms with E-state index in [-0.39, 0.29) is 0 Å². The van der Waals surface area contributed by atoms with Crippen molar-refractivity contribution in [3.63, 3.8) is 0 Å². The molecule has 0 aromatic heterocycles. The first-order valence-electron chi connectivity index (χ1n) is 8.90. The van der Waals surface area contributed by atoms with Crippen molar-refractivity contribution >= 4 is 5.96 Å². The van der Waals surface area contributed by atoms with E-state index in [0.29, 0.717) is 5.41 Å². The summed E-state index contributed by atoms with van der Waals surface area (Å²) in [7, 11) is 4.08.